The van der Waals surface area contributed by atoms with E-state index in [2.05, 4.69) is 5.10 Å². The number of carbonyl (C=O) groups excluding carboxylic acids is 1. The van der Waals surface area contributed by atoms with Crippen LogP contribution in [0.5, 0.6) is 0 Å². The third kappa shape index (κ3) is 6.17. The van der Waals surface area contributed by atoms with Gasteiger partial charge in [-0.3, -0.25) is 9.36 Å². The van der Waals surface area contributed by atoms with Crippen LogP contribution in [0, 0.1) is 5.41 Å². The lowest BCUT2D eigenvalue weighted by Crippen LogP contribution is -2.31. The predicted octanol–water partition coefficient (Wildman–Crippen LogP) is 6.19. The third-order valence-corrected chi connectivity index (χ3v) is 5.57. The fraction of sp³-hybridized carbons (Fsp3) is 0.400. The van der Waals surface area contributed by atoms with Crippen LogP contribution in [0.2, 0.25) is 5.02 Å². The first-order chi connectivity index (χ1) is 15.8. The lowest BCUT2D eigenvalue weighted by atomic mass is 9.91. The maximum Gasteiger partial charge on any atom is 0.416 e. The van der Waals surface area contributed by atoms with Crippen LogP contribution < -0.4 is 5.69 Å². The predicted molar refractivity (Wildman–Crippen MR) is 126 cm³/mol. The molecule has 0 aliphatic heterocycles. The van der Waals surface area contributed by atoms with Crippen LogP contribution in [0.1, 0.15) is 51.2 Å². The highest BCUT2D eigenvalue weighted by molar-refractivity contribution is 6.30. The number of hydrogen-bond acceptors (Lipinski definition) is 3. The Balaban J connectivity index is 1.88. The Hall–Kier alpha value is -2.87. The van der Waals surface area contributed by atoms with Crippen molar-refractivity contribution in [1.82, 2.24) is 14.3 Å². The molecule has 2 aromatic carbocycles. The van der Waals surface area contributed by atoms with Gasteiger partial charge in [0.05, 0.1) is 5.56 Å². The highest BCUT2D eigenvalue weighted by Crippen LogP contribution is 2.36. The first kappa shape index (κ1) is 25.7. The van der Waals surface area contributed by atoms with Gasteiger partial charge in [0.25, 0.3) is 0 Å². The fourth-order valence-electron chi connectivity index (χ4n) is 3.84. The van der Waals surface area contributed by atoms with Gasteiger partial charge in [-0.25, -0.2) is 9.48 Å². The Morgan fingerprint density at radius 2 is 1.68 bits per heavy atom. The number of hydrogen-bond donors (Lipinski definition) is 0. The molecular weight excluding hydrogens is 467 g/mol. The molecule has 0 N–H and O–H groups in total. The Morgan fingerprint density at radius 3 is 2.26 bits per heavy atom. The van der Waals surface area contributed by atoms with Gasteiger partial charge in [-0.15, -0.1) is 5.10 Å². The Labute approximate surface area is 201 Å². The molecule has 1 heterocycles. The van der Waals surface area contributed by atoms with Crippen LogP contribution >= 0.6 is 11.6 Å². The molecule has 34 heavy (non-hydrogen) atoms. The summed E-state index contributed by atoms with van der Waals surface area (Å²) in [4.78, 5) is 25.9. The zero-order valence-electron chi connectivity index (χ0n) is 19.5. The van der Waals surface area contributed by atoms with E-state index in [4.69, 9.17) is 11.6 Å². The van der Waals surface area contributed by atoms with Crippen LogP contribution in [-0.4, -0.2) is 20.1 Å². The number of rotatable bonds is 7. The average molecular weight is 494 g/mol. The Bertz CT molecular complexity index is 1220. The van der Waals surface area contributed by atoms with E-state index >= 15 is 0 Å². The van der Waals surface area contributed by atoms with Crippen LogP contribution in [-0.2, 0) is 24.1 Å². The maximum atomic E-state index is 13.4. The molecular formula is C25H27ClF3N3O2. The number of ketones is 1. The largest absolute Gasteiger partial charge is 0.416 e. The number of Topliss-reactive ketones (excluding diaryl/α,β-unsaturated/α-hetero) is 1. The Kier molecular flexibility index (Phi) is 7.41. The summed E-state index contributed by atoms with van der Waals surface area (Å²) in [7, 11) is 0. The van der Waals surface area contributed by atoms with E-state index in [1.54, 1.807) is 31.2 Å². The monoisotopic (exact) mass is 493 g/mol. The SMILES string of the molecule is C[C@H](CC(=O)Cn1nc(-c2ccc(Cl)cc2)n(CC(C)(C)C)c1=O)c1ccccc1C(F)(F)F. The molecule has 0 aliphatic rings. The molecule has 0 bridgehead atoms. The first-order valence-electron chi connectivity index (χ1n) is 10.9. The lowest BCUT2D eigenvalue weighted by Gasteiger charge is -2.19. The molecule has 1 atom stereocenters. The molecule has 3 rings (SSSR count). The van der Waals surface area contributed by atoms with Gasteiger partial charge < -0.3 is 0 Å². The van der Waals surface area contributed by atoms with E-state index in [1.165, 1.54) is 22.8 Å². The minimum absolute atomic E-state index is 0.0517. The second-order valence-corrected chi connectivity index (χ2v) is 10.1. The third-order valence-electron chi connectivity index (χ3n) is 5.31. The van der Waals surface area contributed by atoms with Gasteiger partial charge >= 0.3 is 11.9 Å². The van der Waals surface area contributed by atoms with Crippen molar-refractivity contribution in [3.63, 3.8) is 0 Å². The van der Waals surface area contributed by atoms with Gasteiger partial charge in [-0.2, -0.15) is 13.2 Å². The number of benzene rings is 2. The van der Waals surface area contributed by atoms with Gasteiger partial charge in [0.2, 0.25) is 0 Å². The molecule has 0 unspecified atom stereocenters. The van der Waals surface area contributed by atoms with Crippen molar-refractivity contribution in [2.75, 3.05) is 0 Å². The second kappa shape index (κ2) is 9.78. The second-order valence-electron chi connectivity index (χ2n) is 9.65. The van der Waals surface area contributed by atoms with E-state index in [9.17, 15) is 22.8 Å². The quantitative estimate of drug-likeness (QED) is 0.394. The summed E-state index contributed by atoms with van der Waals surface area (Å²) in [6.07, 6.45) is -4.66. The van der Waals surface area contributed by atoms with Crippen molar-refractivity contribution in [2.24, 2.45) is 5.41 Å². The van der Waals surface area contributed by atoms with Gasteiger partial charge in [-0.05, 0) is 47.2 Å². The minimum Gasteiger partial charge on any atom is -0.298 e. The van der Waals surface area contributed by atoms with Crippen LogP contribution in [0.4, 0.5) is 13.2 Å². The van der Waals surface area contributed by atoms with Crippen molar-refractivity contribution in [3.8, 4) is 11.4 Å². The maximum absolute atomic E-state index is 13.4. The van der Waals surface area contributed by atoms with Gasteiger partial charge in [0.1, 0.15) is 6.54 Å². The highest BCUT2D eigenvalue weighted by Gasteiger charge is 2.34. The molecule has 0 spiro atoms. The molecule has 182 valence electrons. The summed E-state index contributed by atoms with van der Waals surface area (Å²) in [6, 6.07) is 12.1. The van der Waals surface area contributed by atoms with Crippen molar-refractivity contribution in [2.45, 2.75) is 59.3 Å². The van der Waals surface area contributed by atoms with Crippen LogP contribution in [0.25, 0.3) is 11.4 Å². The van der Waals surface area contributed by atoms with Gasteiger partial charge in [-0.1, -0.05) is 57.5 Å². The van der Waals surface area contributed by atoms with Gasteiger partial charge in [0.15, 0.2) is 11.6 Å². The summed E-state index contributed by atoms with van der Waals surface area (Å²) < 4.78 is 42.7. The van der Waals surface area contributed by atoms with E-state index < -0.39 is 23.3 Å². The molecule has 3 aromatic rings. The summed E-state index contributed by atoms with van der Waals surface area (Å²) in [5, 5.41) is 4.93. The van der Waals surface area contributed by atoms with Crippen molar-refractivity contribution < 1.29 is 18.0 Å². The zero-order chi connectivity index (χ0) is 25.3. The minimum atomic E-state index is -4.51. The molecule has 5 nitrogen and oxygen atoms in total. The number of alkyl halides is 3. The molecule has 1 aromatic heterocycles. The van der Waals surface area contributed by atoms with Crippen molar-refractivity contribution >= 4 is 17.4 Å². The van der Waals surface area contributed by atoms with E-state index in [1.807, 2.05) is 20.8 Å². The lowest BCUT2D eigenvalue weighted by molar-refractivity contribution is -0.138. The molecule has 0 saturated carbocycles. The molecule has 0 saturated heterocycles. The molecule has 0 aliphatic carbocycles. The fourth-order valence-corrected chi connectivity index (χ4v) is 3.97. The van der Waals surface area contributed by atoms with E-state index in [0.717, 1.165) is 10.7 Å². The summed E-state index contributed by atoms with van der Waals surface area (Å²) in [5.74, 6) is -0.650. The molecule has 0 radical (unpaired) electrons. The molecule has 9 heteroatoms. The highest BCUT2D eigenvalue weighted by atomic mass is 35.5. The topological polar surface area (TPSA) is 56.9 Å². The normalized spacial score (nSPS) is 13.2. The smallest absolute Gasteiger partial charge is 0.298 e. The molecule has 0 fully saturated rings. The number of aromatic nitrogens is 3. The number of nitrogens with zero attached hydrogens (tertiary/aromatic N) is 3. The summed E-state index contributed by atoms with van der Waals surface area (Å²) in [6.45, 7) is 7.55. The Morgan fingerprint density at radius 1 is 1.06 bits per heavy atom. The van der Waals surface area contributed by atoms with E-state index in [-0.39, 0.29) is 29.7 Å². The van der Waals surface area contributed by atoms with Crippen molar-refractivity contribution in [3.05, 3.63) is 75.2 Å². The van der Waals surface area contributed by atoms with Crippen molar-refractivity contribution in [1.29, 1.82) is 0 Å². The molecule has 0 amide bonds. The van der Waals surface area contributed by atoms with Gasteiger partial charge in [0, 0.05) is 23.6 Å². The first-order valence-corrected chi connectivity index (χ1v) is 11.3. The summed E-state index contributed by atoms with van der Waals surface area (Å²) in [5.41, 5.74) is -0.720. The van der Waals surface area contributed by atoms with Crippen LogP contribution in [0.3, 0.4) is 0 Å². The summed E-state index contributed by atoms with van der Waals surface area (Å²) >= 11 is 5.98. The zero-order valence-corrected chi connectivity index (χ0v) is 20.2. The van der Waals surface area contributed by atoms with Crippen LogP contribution in [0.15, 0.2) is 53.3 Å². The standard InChI is InChI=1S/C25H27ClF3N3O2/c1-16(20-7-5-6-8-21(20)25(27,28)29)13-19(33)14-32-23(34)31(15-24(2,3)4)22(30-32)17-9-11-18(26)12-10-17/h5-12,16H,13-15H2,1-4H3/t16-/m1/s1. The number of halogens is 4. The average Bonchev–Trinajstić information content (AvgIpc) is 3.02. The number of carbonyl (C=O) groups is 1. The van der Waals surface area contributed by atoms with E-state index in [0.29, 0.717) is 23.0 Å².